The molecule has 0 spiro atoms. The number of fused-ring (bicyclic) bond motifs is 1. The molecule has 2 aromatic heterocycles. The molecule has 0 saturated carbocycles. The highest BCUT2D eigenvalue weighted by atomic mass is 32.1. The van der Waals surface area contributed by atoms with Crippen LogP contribution >= 0.6 is 11.3 Å². The van der Waals surface area contributed by atoms with Gasteiger partial charge in [0, 0.05) is 18.0 Å². The number of thiazole rings is 1. The van der Waals surface area contributed by atoms with Crippen LogP contribution < -0.4 is 19.1 Å². The van der Waals surface area contributed by atoms with Crippen LogP contribution in [0.2, 0.25) is 0 Å². The monoisotopic (exact) mass is 463 g/mol. The second kappa shape index (κ2) is 9.46. The molecule has 0 aliphatic rings. The number of pyridine rings is 1. The van der Waals surface area contributed by atoms with Gasteiger partial charge in [0.25, 0.3) is 5.91 Å². The highest BCUT2D eigenvalue weighted by Gasteiger charge is 2.25. The molecule has 0 fully saturated rings. The quantitative estimate of drug-likeness (QED) is 0.376. The van der Waals surface area contributed by atoms with Crippen molar-refractivity contribution in [2.45, 2.75) is 20.4 Å². The summed E-state index contributed by atoms with van der Waals surface area (Å²) in [5.41, 5.74) is 4.47. The lowest BCUT2D eigenvalue weighted by molar-refractivity contribution is 0.0984. The number of carbonyl (C=O) groups excluding carboxylic acids is 1. The highest BCUT2D eigenvalue weighted by molar-refractivity contribution is 7.22. The summed E-state index contributed by atoms with van der Waals surface area (Å²) in [5.74, 6) is 1.03. The van der Waals surface area contributed by atoms with Gasteiger partial charge in [0.2, 0.25) is 5.75 Å². The molecule has 0 unspecified atom stereocenters. The zero-order valence-corrected chi connectivity index (χ0v) is 20.0. The Morgan fingerprint density at radius 2 is 1.76 bits per heavy atom. The Hall–Kier alpha value is -3.65. The first-order valence-corrected chi connectivity index (χ1v) is 11.2. The lowest BCUT2D eigenvalue weighted by atomic mass is 10.1. The lowest BCUT2D eigenvalue weighted by Gasteiger charge is -2.21. The van der Waals surface area contributed by atoms with Crippen LogP contribution in [0.25, 0.3) is 10.2 Å². The summed E-state index contributed by atoms with van der Waals surface area (Å²) < 4.78 is 17.3. The average Bonchev–Trinajstić information content (AvgIpc) is 3.28. The normalized spacial score (nSPS) is 10.8. The van der Waals surface area contributed by atoms with Gasteiger partial charge in [-0.1, -0.05) is 23.5 Å². The molecule has 2 aromatic carbocycles. The molecule has 33 heavy (non-hydrogen) atoms. The van der Waals surface area contributed by atoms with Crippen LogP contribution in [0.3, 0.4) is 0 Å². The highest BCUT2D eigenvalue weighted by Crippen LogP contribution is 2.39. The van der Waals surface area contributed by atoms with Crippen LogP contribution in [0.5, 0.6) is 17.2 Å². The van der Waals surface area contributed by atoms with E-state index in [-0.39, 0.29) is 5.91 Å². The smallest absolute Gasteiger partial charge is 0.260 e. The Bertz CT molecular complexity index is 1280. The van der Waals surface area contributed by atoms with Crippen molar-refractivity contribution in [1.29, 1.82) is 0 Å². The molecular weight excluding hydrogens is 438 g/mol. The van der Waals surface area contributed by atoms with Crippen LogP contribution in [0, 0.1) is 13.8 Å². The number of methoxy groups -OCH3 is 3. The first-order valence-electron chi connectivity index (χ1n) is 10.3. The number of aromatic nitrogens is 2. The van der Waals surface area contributed by atoms with Crippen molar-refractivity contribution in [2.75, 3.05) is 26.2 Å². The third-order valence-electron chi connectivity index (χ3n) is 5.52. The van der Waals surface area contributed by atoms with Gasteiger partial charge >= 0.3 is 0 Å². The van der Waals surface area contributed by atoms with Crippen molar-refractivity contribution < 1.29 is 19.0 Å². The molecule has 8 heteroatoms. The molecule has 0 N–H and O–H groups in total. The predicted molar refractivity (Wildman–Crippen MR) is 130 cm³/mol. The number of ether oxygens (including phenoxy) is 3. The zero-order valence-electron chi connectivity index (χ0n) is 19.2. The summed E-state index contributed by atoms with van der Waals surface area (Å²) in [6.07, 6.45) is 3.46. The van der Waals surface area contributed by atoms with Crippen LogP contribution in [0.15, 0.2) is 48.8 Å². The Labute approximate surface area is 196 Å². The minimum absolute atomic E-state index is 0.230. The van der Waals surface area contributed by atoms with Crippen LogP contribution in [0.4, 0.5) is 5.13 Å². The van der Waals surface area contributed by atoms with Crippen LogP contribution in [-0.4, -0.2) is 37.2 Å². The van der Waals surface area contributed by atoms with Crippen molar-refractivity contribution in [3.05, 3.63) is 71.0 Å². The molecule has 170 valence electrons. The molecule has 7 nitrogen and oxygen atoms in total. The van der Waals surface area contributed by atoms with Crippen molar-refractivity contribution in [3.63, 3.8) is 0 Å². The predicted octanol–water partition coefficient (Wildman–Crippen LogP) is 5.18. The van der Waals surface area contributed by atoms with E-state index >= 15 is 0 Å². The summed E-state index contributed by atoms with van der Waals surface area (Å²) in [4.78, 5) is 24.5. The fourth-order valence-corrected chi connectivity index (χ4v) is 4.61. The number of benzene rings is 2. The molecule has 0 atom stereocenters. The first kappa shape index (κ1) is 22.5. The topological polar surface area (TPSA) is 73.8 Å². The van der Waals surface area contributed by atoms with E-state index in [0.717, 1.165) is 26.9 Å². The number of rotatable bonds is 7. The minimum Gasteiger partial charge on any atom is -0.493 e. The molecule has 0 aliphatic heterocycles. The number of hydrogen-bond donors (Lipinski definition) is 0. The number of carbonyl (C=O) groups is 1. The largest absolute Gasteiger partial charge is 0.493 e. The van der Waals surface area contributed by atoms with Crippen LogP contribution in [-0.2, 0) is 6.54 Å². The van der Waals surface area contributed by atoms with E-state index < -0.39 is 0 Å². The molecule has 4 rings (SSSR count). The molecule has 0 radical (unpaired) electrons. The van der Waals surface area contributed by atoms with Gasteiger partial charge in [-0.25, -0.2) is 4.98 Å². The molecule has 2 heterocycles. The minimum atomic E-state index is -0.230. The maximum Gasteiger partial charge on any atom is 0.260 e. The number of anilines is 1. The van der Waals surface area contributed by atoms with Gasteiger partial charge in [-0.2, -0.15) is 0 Å². The summed E-state index contributed by atoms with van der Waals surface area (Å²) >= 11 is 1.48. The number of aryl methyl sites for hydroxylation is 2. The molecule has 0 bridgehead atoms. The van der Waals surface area contributed by atoms with Gasteiger partial charge in [-0.15, -0.1) is 0 Å². The van der Waals surface area contributed by atoms with E-state index in [1.807, 2.05) is 25.1 Å². The van der Waals surface area contributed by atoms with Gasteiger partial charge in [0.05, 0.1) is 38.1 Å². The zero-order chi connectivity index (χ0) is 23.5. The van der Waals surface area contributed by atoms with Gasteiger partial charge in [0.15, 0.2) is 16.6 Å². The molecule has 4 aromatic rings. The first-order chi connectivity index (χ1) is 16.0. The number of amides is 1. The average molecular weight is 464 g/mol. The third-order valence-corrected chi connectivity index (χ3v) is 6.57. The van der Waals surface area contributed by atoms with Gasteiger partial charge in [-0.3, -0.25) is 14.7 Å². The third kappa shape index (κ3) is 4.34. The van der Waals surface area contributed by atoms with Gasteiger partial charge < -0.3 is 14.2 Å². The Kier molecular flexibility index (Phi) is 6.46. The van der Waals surface area contributed by atoms with E-state index in [4.69, 9.17) is 19.2 Å². The standard InChI is InChI=1S/C25H25N3O4S/c1-15-8-9-21-22(16(15)2)27-25(33-21)28(14-17-7-6-10-26-13-17)24(29)18-11-19(30-3)23(32-5)20(12-18)31-4/h6-13H,14H2,1-5H3. The summed E-state index contributed by atoms with van der Waals surface area (Å²) in [6, 6.07) is 11.2. The Morgan fingerprint density at radius 1 is 1.03 bits per heavy atom. The maximum atomic E-state index is 13.8. The molecule has 1 amide bonds. The second-order valence-electron chi connectivity index (χ2n) is 7.52. The van der Waals surface area contributed by atoms with Crippen molar-refractivity contribution in [3.8, 4) is 17.2 Å². The number of hydrogen-bond acceptors (Lipinski definition) is 7. The van der Waals surface area contributed by atoms with Crippen molar-refractivity contribution >= 4 is 32.6 Å². The van der Waals surface area contributed by atoms with E-state index in [0.29, 0.717) is 34.5 Å². The van der Waals surface area contributed by atoms with Gasteiger partial charge in [-0.05, 0) is 54.8 Å². The van der Waals surface area contributed by atoms with E-state index in [1.54, 1.807) is 29.4 Å². The second-order valence-corrected chi connectivity index (χ2v) is 8.53. The van der Waals surface area contributed by atoms with Crippen molar-refractivity contribution in [1.82, 2.24) is 9.97 Å². The summed E-state index contributed by atoms with van der Waals surface area (Å²) in [7, 11) is 4.58. The van der Waals surface area contributed by atoms with E-state index in [2.05, 4.69) is 18.0 Å². The van der Waals surface area contributed by atoms with Crippen LogP contribution in [0.1, 0.15) is 27.0 Å². The SMILES string of the molecule is COc1cc(C(=O)N(Cc2cccnc2)c2nc3c(C)c(C)ccc3s2)cc(OC)c1OC. The Balaban J connectivity index is 1.83. The van der Waals surface area contributed by atoms with Crippen molar-refractivity contribution in [2.24, 2.45) is 0 Å². The van der Waals surface area contributed by atoms with E-state index in [1.165, 1.54) is 32.7 Å². The van der Waals surface area contributed by atoms with Gasteiger partial charge in [0.1, 0.15) is 0 Å². The molecule has 0 saturated heterocycles. The molecular formula is C25H25N3O4S. The lowest BCUT2D eigenvalue weighted by Crippen LogP contribution is -2.30. The fraction of sp³-hybridized carbons (Fsp3) is 0.240. The van der Waals surface area contributed by atoms with E-state index in [9.17, 15) is 4.79 Å². The summed E-state index contributed by atoms with van der Waals surface area (Å²) in [5, 5.41) is 0.612. The number of nitrogens with zero attached hydrogens (tertiary/aromatic N) is 3. The maximum absolute atomic E-state index is 13.8. The Morgan fingerprint density at radius 3 is 2.36 bits per heavy atom. The summed E-state index contributed by atoms with van der Waals surface area (Å²) in [6.45, 7) is 4.43. The molecule has 0 aliphatic carbocycles. The fourth-order valence-electron chi connectivity index (χ4n) is 3.59.